The zero-order chi connectivity index (χ0) is 11.6. The molecule has 0 aliphatic rings. The summed E-state index contributed by atoms with van der Waals surface area (Å²) in [7, 11) is -3.64. The predicted molar refractivity (Wildman–Crippen MR) is 61.7 cm³/mol. The van der Waals surface area contributed by atoms with E-state index < -0.39 is 7.60 Å². The minimum Gasteiger partial charge on any atom is -0.321 e. The minimum atomic E-state index is -3.64. The third kappa shape index (κ3) is 2.69. The van der Waals surface area contributed by atoms with Gasteiger partial charge in [-0.1, -0.05) is 17.7 Å². The lowest BCUT2D eigenvalue weighted by atomic mass is 10.1. The van der Waals surface area contributed by atoms with Crippen LogP contribution in [0.2, 0.25) is 0 Å². The molecule has 0 aliphatic heterocycles. The molecule has 0 bridgehead atoms. The Morgan fingerprint density at radius 1 is 1.27 bits per heavy atom. The lowest BCUT2D eigenvalue weighted by Crippen LogP contribution is -2.15. The molecule has 0 aromatic heterocycles. The van der Waals surface area contributed by atoms with Crippen molar-refractivity contribution in [1.82, 2.24) is 0 Å². The summed E-state index contributed by atoms with van der Waals surface area (Å²) in [5.41, 5.74) is 2.71. The highest BCUT2D eigenvalue weighted by molar-refractivity contribution is 7.61. The highest BCUT2D eigenvalue weighted by atomic mass is 31.2. The summed E-state index contributed by atoms with van der Waals surface area (Å²) in [5.74, 6) is 0. The standard InChI is InChI=1S/C11H17O3P/c1-5-14-15(12,13)11-9(3)6-8(2)7-10(11)4/h6-7H,5H2,1-4H3,(H,12,13). The predicted octanol–water partition coefficient (Wildman–Crippen LogP) is 2.46. The Morgan fingerprint density at radius 3 is 2.13 bits per heavy atom. The Labute approximate surface area is 90.6 Å². The Kier molecular flexibility index (Phi) is 3.72. The lowest BCUT2D eigenvalue weighted by Gasteiger charge is -2.16. The van der Waals surface area contributed by atoms with Crippen molar-refractivity contribution in [2.75, 3.05) is 6.61 Å². The van der Waals surface area contributed by atoms with Gasteiger partial charge in [0.25, 0.3) is 0 Å². The van der Waals surface area contributed by atoms with Crippen molar-refractivity contribution in [3.05, 3.63) is 28.8 Å². The fourth-order valence-corrected chi connectivity index (χ4v) is 3.36. The summed E-state index contributed by atoms with van der Waals surface area (Å²) in [4.78, 5) is 9.77. The number of hydrogen-bond acceptors (Lipinski definition) is 2. The molecule has 0 amide bonds. The monoisotopic (exact) mass is 228 g/mol. The van der Waals surface area contributed by atoms with Crippen LogP contribution in [0.3, 0.4) is 0 Å². The summed E-state index contributed by atoms with van der Waals surface area (Å²) in [5, 5.41) is 0.440. The number of rotatable bonds is 3. The van der Waals surface area contributed by atoms with Crippen LogP contribution in [0.15, 0.2) is 12.1 Å². The first kappa shape index (κ1) is 12.4. The molecule has 0 saturated carbocycles. The van der Waals surface area contributed by atoms with E-state index in [1.807, 2.05) is 32.9 Å². The molecule has 4 heteroatoms. The average Bonchev–Trinajstić information content (AvgIpc) is 1.99. The van der Waals surface area contributed by atoms with E-state index in [0.717, 1.165) is 16.7 Å². The third-order valence-electron chi connectivity index (χ3n) is 2.22. The molecular weight excluding hydrogens is 211 g/mol. The molecule has 1 atom stereocenters. The first-order chi connectivity index (χ1) is 6.88. The smallest absolute Gasteiger partial charge is 0.321 e. The zero-order valence-electron chi connectivity index (χ0n) is 9.57. The molecule has 15 heavy (non-hydrogen) atoms. The minimum absolute atomic E-state index is 0.237. The van der Waals surface area contributed by atoms with E-state index in [1.165, 1.54) is 0 Å². The molecule has 0 saturated heterocycles. The normalized spacial score (nSPS) is 15.0. The van der Waals surface area contributed by atoms with Crippen LogP contribution in [-0.4, -0.2) is 11.5 Å². The molecule has 0 radical (unpaired) electrons. The van der Waals surface area contributed by atoms with E-state index in [-0.39, 0.29) is 6.61 Å². The van der Waals surface area contributed by atoms with Crippen LogP contribution in [0.25, 0.3) is 0 Å². The van der Waals surface area contributed by atoms with Crippen molar-refractivity contribution in [2.45, 2.75) is 27.7 Å². The van der Waals surface area contributed by atoms with Crippen molar-refractivity contribution in [3.63, 3.8) is 0 Å². The van der Waals surface area contributed by atoms with Gasteiger partial charge in [0.15, 0.2) is 0 Å². The van der Waals surface area contributed by atoms with E-state index >= 15 is 0 Å². The maximum Gasteiger partial charge on any atom is 0.359 e. The van der Waals surface area contributed by atoms with Crippen LogP contribution in [0.5, 0.6) is 0 Å². The SMILES string of the molecule is CCOP(=O)(O)c1c(C)cc(C)cc1C. The first-order valence-electron chi connectivity index (χ1n) is 4.94. The summed E-state index contributed by atoms with van der Waals surface area (Å²) in [6.45, 7) is 7.57. The number of aryl methyl sites for hydroxylation is 3. The number of benzene rings is 1. The first-order valence-corrected chi connectivity index (χ1v) is 6.52. The van der Waals surface area contributed by atoms with E-state index in [1.54, 1.807) is 6.92 Å². The average molecular weight is 228 g/mol. The van der Waals surface area contributed by atoms with Gasteiger partial charge in [-0.3, -0.25) is 4.57 Å². The van der Waals surface area contributed by atoms with Gasteiger partial charge >= 0.3 is 7.60 Å². The second-order valence-electron chi connectivity index (χ2n) is 3.69. The molecule has 0 aliphatic carbocycles. The topological polar surface area (TPSA) is 46.5 Å². The van der Waals surface area contributed by atoms with Gasteiger partial charge in [0.1, 0.15) is 0 Å². The lowest BCUT2D eigenvalue weighted by molar-refractivity contribution is 0.284. The second-order valence-corrected chi connectivity index (χ2v) is 5.43. The molecule has 84 valence electrons. The third-order valence-corrected chi connectivity index (χ3v) is 4.10. The highest BCUT2D eigenvalue weighted by Crippen LogP contribution is 2.42. The van der Waals surface area contributed by atoms with Gasteiger partial charge in [-0.25, -0.2) is 0 Å². The molecule has 1 aromatic carbocycles. The van der Waals surface area contributed by atoms with E-state index in [2.05, 4.69) is 0 Å². The maximum absolute atomic E-state index is 11.9. The molecule has 1 rings (SSSR count). The van der Waals surface area contributed by atoms with Crippen LogP contribution in [-0.2, 0) is 9.09 Å². The molecule has 0 spiro atoms. The van der Waals surface area contributed by atoms with Crippen LogP contribution in [0.4, 0.5) is 0 Å². The van der Waals surface area contributed by atoms with Crippen molar-refractivity contribution >= 4 is 12.9 Å². The van der Waals surface area contributed by atoms with Crippen molar-refractivity contribution in [1.29, 1.82) is 0 Å². The van der Waals surface area contributed by atoms with Crippen molar-refractivity contribution in [2.24, 2.45) is 0 Å². The Bertz CT molecular complexity index is 389. The Morgan fingerprint density at radius 2 is 1.73 bits per heavy atom. The van der Waals surface area contributed by atoms with Crippen LogP contribution in [0, 0.1) is 20.8 Å². The molecule has 1 unspecified atom stereocenters. The molecule has 1 N–H and O–H groups in total. The van der Waals surface area contributed by atoms with Gasteiger partial charge in [-0.05, 0) is 38.8 Å². The zero-order valence-corrected chi connectivity index (χ0v) is 10.5. The molecule has 0 fully saturated rings. The van der Waals surface area contributed by atoms with Gasteiger partial charge in [0.05, 0.1) is 11.9 Å². The van der Waals surface area contributed by atoms with E-state index in [0.29, 0.717) is 5.30 Å². The second kappa shape index (κ2) is 4.48. The molecule has 0 heterocycles. The summed E-state index contributed by atoms with van der Waals surface area (Å²) >= 11 is 0. The fraction of sp³-hybridized carbons (Fsp3) is 0.455. The van der Waals surface area contributed by atoms with Gasteiger partial charge in [-0.2, -0.15) is 0 Å². The van der Waals surface area contributed by atoms with Gasteiger partial charge in [-0.15, -0.1) is 0 Å². The Hall–Kier alpha value is -0.630. The highest BCUT2D eigenvalue weighted by Gasteiger charge is 2.26. The maximum atomic E-state index is 11.9. The summed E-state index contributed by atoms with van der Waals surface area (Å²) < 4.78 is 16.8. The van der Waals surface area contributed by atoms with E-state index in [4.69, 9.17) is 4.52 Å². The van der Waals surface area contributed by atoms with Crippen LogP contribution < -0.4 is 5.30 Å². The van der Waals surface area contributed by atoms with Crippen molar-refractivity contribution in [3.8, 4) is 0 Å². The fourth-order valence-electron chi connectivity index (χ4n) is 1.86. The van der Waals surface area contributed by atoms with Crippen LogP contribution >= 0.6 is 7.60 Å². The molecule has 3 nitrogen and oxygen atoms in total. The van der Waals surface area contributed by atoms with Crippen LogP contribution in [0.1, 0.15) is 23.6 Å². The molecule has 1 aromatic rings. The van der Waals surface area contributed by atoms with Gasteiger partial charge < -0.3 is 9.42 Å². The van der Waals surface area contributed by atoms with Gasteiger partial charge in [0.2, 0.25) is 0 Å². The number of hydrogen-bond donors (Lipinski definition) is 1. The summed E-state index contributed by atoms with van der Waals surface area (Å²) in [6, 6.07) is 3.79. The quantitative estimate of drug-likeness (QED) is 0.808. The van der Waals surface area contributed by atoms with Gasteiger partial charge in [0, 0.05) is 0 Å². The Balaban J connectivity index is 3.31. The van der Waals surface area contributed by atoms with Crippen molar-refractivity contribution < 1.29 is 14.0 Å². The largest absolute Gasteiger partial charge is 0.359 e. The van der Waals surface area contributed by atoms with E-state index in [9.17, 15) is 9.46 Å². The summed E-state index contributed by atoms with van der Waals surface area (Å²) in [6.07, 6.45) is 0. The molecular formula is C11H17O3P.